The summed E-state index contributed by atoms with van der Waals surface area (Å²) in [6.45, 7) is 10.1. The molecule has 18 heavy (non-hydrogen) atoms. The van der Waals surface area contributed by atoms with E-state index in [1.165, 1.54) is 16.7 Å². The van der Waals surface area contributed by atoms with Crippen LogP contribution in [-0.4, -0.2) is 31.1 Å². The fraction of sp³-hybridized carbons (Fsp3) is 0.600. The van der Waals surface area contributed by atoms with Gasteiger partial charge in [0.2, 0.25) is 0 Å². The number of ether oxygens (including phenoxy) is 1. The van der Waals surface area contributed by atoms with Gasteiger partial charge >= 0.3 is 0 Å². The summed E-state index contributed by atoms with van der Waals surface area (Å²) in [6, 6.07) is 4.18. The highest BCUT2D eigenvalue weighted by molar-refractivity contribution is 5.43. The van der Waals surface area contributed by atoms with Crippen LogP contribution in [0.15, 0.2) is 12.1 Å². The second kappa shape index (κ2) is 5.72. The Labute approximate surface area is 111 Å². The standard InChI is InChI=1S/C15H26N2O/c1-11-12(2)14(18-6)8-7-13(11)9-17(5)10-15(3,4)16/h7-8H,9-10,16H2,1-6H3. The Morgan fingerprint density at radius 1 is 1.22 bits per heavy atom. The third kappa shape index (κ3) is 4.00. The Balaban J connectivity index is 2.83. The molecule has 2 N–H and O–H groups in total. The molecule has 0 aliphatic heterocycles. The summed E-state index contributed by atoms with van der Waals surface area (Å²) in [5.41, 5.74) is 9.73. The van der Waals surface area contributed by atoms with Gasteiger partial charge in [-0.15, -0.1) is 0 Å². The van der Waals surface area contributed by atoms with Crippen LogP contribution in [0.25, 0.3) is 0 Å². The first-order chi connectivity index (χ1) is 8.24. The van der Waals surface area contributed by atoms with E-state index in [2.05, 4.69) is 45.7 Å². The van der Waals surface area contributed by atoms with Crippen molar-refractivity contribution in [1.29, 1.82) is 0 Å². The molecule has 102 valence electrons. The molecular formula is C15H26N2O. The van der Waals surface area contributed by atoms with Crippen LogP contribution in [0, 0.1) is 13.8 Å². The molecule has 0 aliphatic rings. The maximum absolute atomic E-state index is 6.04. The van der Waals surface area contributed by atoms with E-state index < -0.39 is 0 Å². The van der Waals surface area contributed by atoms with Gasteiger partial charge in [-0.2, -0.15) is 0 Å². The summed E-state index contributed by atoms with van der Waals surface area (Å²) in [5, 5.41) is 0. The second-order valence-electron chi connectivity index (χ2n) is 5.84. The van der Waals surface area contributed by atoms with Crippen molar-refractivity contribution in [3.63, 3.8) is 0 Å². The number of methoxy groups -OCH3 is 1. The number of nitrogens with zero attached hydrogens (tertiary/aromatic N) is 1. The average molecular weight is 250 g/mol. The van der Waals surface area contributed by atoms with E-state index in [1.807, 2.05) is 6.07 Å². The van der Waals surface area contributed by atoms with Crippen molar-refractivity contribution in [2.24, 2.45) is 5.73 Å². The summed E-state index contributed by atoms with van der Waals surface area (Å²) in [5.74, 6) is 0.957. The van der Waals surface area contributed by atoms with E-state index in [4.69, 9.17) is 10.5 Å². The molecule has 0 fully saturated rings. The number of hydrogen-bond acceptors (Lipinski definition) is 3. The first-order valence-corrected chi connectivity index (χ1v) is 6.35. The van der Waals surface area contributed by atoms with Crippen LogP contribution in [0.1, 0.15) is 30.5 Å². The predicted octanol–water partition coefficient (Wildman–Crippen LogP) is 2.48. The second-order valence-corrected chi connectivity index (χ2v) is 5.84. The summed E-state index contributed by atoms with van der Waals surface area (Å²) < 4.78 is 5.33. The van der Waals surface area contributed by atoms with E-state index in [0.717, 1.165) is 18.8 Å². The maximum atomic E-state index is 6.04. The van der Waals surface area contributed by atoms with E-state index in [0.29, 0.717) is 0 Å². The summed E-state index contributed by atoms with van der Waals surface area (Å²) in [6.07, 6.45) is 0. The first-order valence-electron chi connectivity index (χ1n) is 6.35. The zero-order chi connectivity index (χ0) is 13.9. The van der Waals surface area contributed by atoms with E-state index in [9.17, 15) is 0 Å². The zero-order valence-electron chi connectivity index (χ0n) is 12.5. The molecule has 0 atom stereocenters. The van der Waals surface area contributed by atoms with Crippen LogP contribution in [-0.2, 0) is 6.54 Å². The Morgan fingerprint density at radius 3 is 2.33 bits per heavy atom. The number of hydrogen-bond donors (Lipinski definition) is 1. The highest BCUT2D eigenvalue weighted by Crippen LogP contribution is 2.24. The smallest absolute Gasteiger partial charge is 0.122 e. The molecule has 0 aromatic heterocycles. The van der Waals surface area contributed by atoms with Crippen molar-refractivity contribution < 1.29 is 4.74 Å². The quantitative estimate of drug-likeness (QED) is 0.872. The van der Waals surface area contributed by atoms with Crippen LogP contribution in [0.5, 0.6) is 5.75 Å². The molecule has 1 aromatic rings. The molecule has 0 bridgehead atoms. The van der Waals surface area contributed by atoms with Crippen molar-refractivity contribution in [1.82, 2.24) is 4.90 Å². The minimum absolute atomic E-state index is 0.163. The van der Waals surface area contributed by atoms with Crippen LogP contribution in [0.3, 0.4) is 0 Å². The van der Waals surface area contributed by atoms with Crippen LogP contribution in [0.2, 0.25) is 0 Å². The minimum atomic E-state index is -0.163. The molecule has 3 heteroatoms. The van der Waals surface area contributed by atoms with Gasteiger partial charge in [0.05, 0.1) is 7.11 Å². The van der Waals surface area contributed by atoms with Gasteiger partial charge in [-0.25, -0.2) is 0 Å². The first kappa shape index (κ1) is 15.0. The Bertz CT molecular complexity index is 408. The van der Waals surface area contributed by atoms with E-state index in [-0.39, 0.29) is 5.54 Å². The third-order valence-corrected chi connectivity index (χ3v) is 3.19. The van der Waals surface area contributed by atoms with Crippen molar-refractivity contribution in [2.45, 2.75) is 39.8 Å². The molecule has 1 rings (SSSR count). The topological polar surface area (TPSA) is 38.5 Å². The number of benzene rings is 1. The lowest BCUT2D eigenvalue weighted by molar-refractivity contribution is 0.262. The fourth-order valence-electron chi connectivity index (χ4n) is 2.29. The molecule has 1 aromatic carbocycles. The van der Waals surface area contributed by atoms with Gasteiger partial charge < -0.3 is 15.4 Å². The molecule has 0 radical (unpaired) electrons. The number of rotatable bonds is 5. The van der Waals surface area contributed by atoms with Crippen molar-refractivity contribution in [2.75, 3.05) is 20.7 Å². The highest BCUT2D eigenvalue weighted by Gasteiger charge is 2.15. The van der Waals surface area contributed by atoms with Gasteiger partial charge in [-0.3, -0.25) is 0 Å². The predicted molar refractivity (Wildman–Crippen MR) is 77.1 cm³/mol. The molecule has 0 aliphatic carbocycles. The molecule has 0 heterocycles. The lowest BCUT2D eigenvalue weighted by Crippen LogP contribution is -2.43. The average Bonchev–Trinajstić information content (AvgIpc) is 2.22. The fourth-order valence-corrected chi connectivity index (χ4v) is 2.29. The Kier molecular flexibility index (Phi) is 4.77. The largest absolute Gasteiger partial charge is 0.496 e. The van der Waals surface area contributed by atoms with Crippen LogP contribution < -0.4 is 10.5 Å². The van der Waals surface area contributed by atoms with Crippen molar-refractivity contribution in [3.8, 4) is 5.75 Å². The molecule has 3 nitrogen and oxygen atoms in total. The third-order valence-electron chi connectivity index (χ3n) is 3.19. The van der Waals surface area contributed by atoms with Crippen molar-refractivity contribution >= 4 is 0 Å². The summed E-state index contributed by atoms with van der Waals surface area (Å²) >= 11 is 0. The van der Waals surface area contributed by atoms with Gasteiger partial charge in [0.1, 0.15) is 5.75 Å². The SMILES string of the molecule is COc1ccc(CN(C)CC(C)(C)N)c(C)c1C. The zero-order valence-corrected chi connectivity index (χ0v) is 12.5. The molecule has 0 saturated carbocycles. The minimum Gasteiger partial charge on any atom is -0.496 e. The van der Waals surface area contributed by atoms with E-state index >= 15 is 0 Å². The van der Waals surface area contributed by atoms with Gasteiger partial charge in [0.25, 0.3) is 0 Å². The van der Waals surface area contributed by atoms with Gasteiger partial charge in [-0.1, -0.05) is 6.07 Å². The van der Waals surface area contributed by atoms with Crippen molar-refractivity contribution in [3.05, 3.63) is 28.8 Å². The van der Waals surface area contributed by atoms with Gasteiger partial charge in [0.15, 0.2) is 0 Å². The normalized spacial score (nSPS) is 12.0. The van der Waals surface area contributed by atoms with Crippen LogP contribution >= 0.6 is 0 Å². The summed E-state index contributed by atoms with van der Waals surface area (Å²) in [7, 11) is 3.82. The molecule has 0 unspecified atom stereocenters. The van der Waals surface area contributed by atoms with Gasteiger partial charge in [-0.05, 0) is 57.5 Å². The highest BCUT2D eigenvalue weighted by atomic mass is 16.5. The lowest BCUT2D eigenvalue weighted by atomic mass is 10.0. The Morgan fingerprint density at radius 2 is 1.83 bits per heavy atom. The molecule has 0 saturated heterocycles. The van der Waals surface area contributed by atoms with Crippen LogP contribution in [0.4, 0.5) is 0 Å². The molecule has 0 amide bonds. The molecular weight excluding hydrogens is 224 g/mol. The number of nitrogens with two attached hydrogens (primary N) is 1. The van der Waals surface area contributed by atoms with Gasteiger partial charge in [0, 0.05) is 18.6 Å². The van der Waals surface area contributed by atoms with E-state index in [1.54, 1.807) is 7.11 Å². The monoisotopic (exact) mass is 250 g/mol. The summed E-state index contributed by atoms with van der Waals surface area (Å²) in [4.78, 5) is 2.26. The lowest BCUT2D eigenvalue weighted by Gasteiger charge is -2.27. The molecule has 0 spiro atoms. The Hall–Kier alpha value is -1.06. The maximum Gasteiger partial charge on any atom is 0.122 e. The number of likely N-dealkylation sites (N-methyl/N-ethyl adjacent to an activating group) is 1.